The molecule has 2 fully saturated rings. The van der Waals surface area contributed by atoms with Crippen LogP contribution in [0.2, 0.25) is 0 Å². The van der Waals surface area contributed by atoms with Crippen molar-refractivity contribution in [1.82, 2.24) is 41.9 Å². The molecule has 11 unspecified atom stereocenters. The molecular formula is C42H66N8O11. The predicted octanol–water partition coefficient (Wildman–Crippen LogP) is -0.312. The summed E-state index contributed by atoms with van der Waals surface area (Å²) >= 11 is 0. The molecule has 19 heteroatoms. The van der Waals surface area contributed by atoms with Crippen molar-refractivity contribution < 1.29 is 52.9 Å². The predicted molar refractivity (Wildman–Crippen MR) is 223 cm³/mol. The molecule has 0 aliphatic carbocycles. The number of likely N-dealkylation sites (N-methyl/N-ethyl adjacent to an activating group) is 1. The topological polar surface area (TPSA) is 254 Å². The van der Waals surface area contributed by atoms with Crippen molar-refractivity contribution in [2.75, 3.05) is 20.7 Å². The number of rotatable bonds is 13. The van der Waals surface area contributed by atoms with Crippen LogP contribution in [0.4, 0.5) is 0 Å². The molecule has 0 bridgehead atoms. The van der Waals surface area contributed by atoms with Gasteiger partial charge < -0.3 is 46.1 Å². The molecule has 2 aliphatic heterocycles. The lowest BCUT2D eigenvalue weighted by Gasteiger charge is -2.40. The van der Waals surface area contributed by atoms with Crippen molar-refractivity contribution in [3.05, 3.63) is 29.8 Å². The molecular weight excluding hydrogens is 793 g/mol. The van der Waals surface area contributed by atoms with Crippen LogP contribution in [-0.2, 0) is 49.5 Å². The number of aliphatic hydroxyl groups excluding tert-OH is 1. The maximum atomic E-state index is 14.6. The number of methoxy groups -OCH3 is 1. The lowest BCUT2D eigenvalue weighted by Crippen LogP contribution is -2.67. The summed E-state index contributed by atoms with van der Waals surface area (Å²) in [5, 5.41) is 25.1. The quantitative estimate of drug-likeness (QED) is 0.0997. The SMILES string of the molecule is CCC(C)C(NC=O)C(=O)NC1C(=O)NC(Cc2ccc(OC)cc2)C(=O)NC(C(C)CC)C(=O)N2NCC(O)CC2C(=O)NC(CC(C)C)C(=O)N(C)C(C)C(=O)OC1C. The molecule has 0 spiro atoms. The number of hydrogen-bond acceptors (Lipinski definition) is 12. The smallest absolute Gasteiger partial charge is 0.328 e. The third-order valence-electron chi connectivity index (χ3n) is 11.5. The van der Waals surface area contributed by atoms with Crippen molar-refractivity contribution in [3.8, 4) is 5.75 Å². The van der Waals surface area contributed by atoms with E-state index in [-0.39, 0.29) is 37.6 Å². The molecule has 19 nitrogen and oxygen atoms in total. The molecule has 2 aliphatic rings. The molecule has 0 saturated carbocycles. The van der Waals surface area contributed by atoms with E-state index in [0.29, 0.717) is 30.6 Å². The van der Waals surface area contributed by atoms with Crippen molar-refractivity contribution in [3.63, 3.8) is 0 Å². The zero-order valence-electron chi connectivity index (χ0n) is 37.0. The van der Waals surface area contributed by atoms with Gasteiger partial charge in [0.05, 0.1) is 13.2 Å². The number of hydrogen-bond donors (Lipinski definition) is 7. The Labute approximate surface area is 358 Å². The van der Waals surface area contributed by atoms with E-state index < -0.39 is 102 Å². The Morgan fingerprint density at radius 3 is 2.15 bits per heavy atom. The monoisotopic (exact) mass is 858 g/mol. The number of aliphatic hydroxyl groups is 1. The van der Waals surface area contributed by atoms with Crippen LogP contribution < -0.4 is 36.7 Å². The summed E-state index contributed by atoms with van der Waals surface area (Å²) in [5.41, 5.74) is 3.42. The highest BCUT2D eigenvalue weighted by Gasteiger charge is 2.44. The highest BCUT2D eigenvalue weighted by atomic mass is 16.5. The number of esters is 1. The number of hydrazine groups is 1. The summed E-state index contributed by atoms with van der Waals surface area (Å²) in [6.07, 6.45) is -1.35. The lowest BCUT2D eigenvalue weighted by atomic mass is 9.95. The molecule has 0 aromatic heterocycles. The van der Waals surface area contributed by atoms with E-state index in [1.807, 2.05) is 27.7 Å². The molecule has 2 saturated heterocycles. The van der Waals surface area contributed by atoms with E-state index in [0.717, 1.165) is 9.91 Å². The first-order valence-corrected chi connectivity index (χ1v) is 21.0. The van der Waals surface area contributed by atoms with Crippen molar-refractivity contribution in [2.45, 2.75) is 142 Å². The normalized spacial score (nSPS) is 27.7. The number of nitrogens with one attached hydrogen (secondary N) is 6. The van der Waals surface area contributed by atoms with Gasteiger partial charge in [0.25, 0.3) is 5.91 Å². The second-order valence-electron chi connectivity index (χ2n) is 16.6. The summed E-state index contributed by atoms with van der Waals surface area (Å²) in [6, 6.07) is -2.41. The average molecular weight is 859 g/mol. The zero-order chi connectivity index (χ0) is 45.7. The molecule has 7 amide bonds. The molecule has 1 aromatic rings. The summed E-state index contributed by atoms with van der Waals surface area (Å²) in [7, 11) is 2.85. The van der Waals surface area contributed by atoms with Gasteiger partial charge in [0.2, 0.25) is 35.9 Å². The summed E-state index contributed by atoms with van der Waals surface area (Å²) in [5.74, 6) is -6.00. The van der Waals surface area contributed by atoms with Gasteiger partial charge in [0.15, 0.2) is 0 Å². The molecule has 7 N–H and O–H groups in total. The zero-order valence-corrected chi connectivity index (χ0v) is 37.0. The largest absolute Gasteiger partial charge is 0.497 e. The van der Waals surface area contributed by atoms with Gasteiger partial charge in [0.1, 0.15) is 54.1 Å². The van der Waals surface area contributed by atoms with Gasteiger partial charge in [-0.2, -0.15) is 0 Å². The van der Waals surface area contributed by atoms with Gasteiger partial charge >= 0.3 is 5.97 Å². The molecule has 11 atom stereocenters. The Morgan fingerprint density at radius 2 is 1.57 bits per heavy atom. The van der Waals surface area contributed by atoms with Crippen molar-refractivity contribution in [1.29, 1.82) is 0 Å². The number of benzene rings is 1. The van der Waals surface area contributed by atoms with Crippen LogP contribution >= 0.6 is 0 Å². The number of fused-ring (bicyclic) bond motifs is 1. The molecule has 61 heavy (non-hydrogen) atoms. The van der Waals surface area contributed by atoms with Crippen molar-refractivity contribution >= 4 is 47.8 Å². The fourth-order valence-electron chi connectivity index (χ4n) is 7.12. The minimum Gasteiger partial charge on any atom is -0.497 e. The van der Waals surface area contributed by atoms with E-state index in [9.17, 15) is 43.5 Å². The van der Waals surface area contributed by atoms with Crippen LogP contribution in [0, 0.1) is 17.8 Å². The van der Waals surface area contributed by atoms with Crippen LogP contribution in [0.1, 0.15) is 86.6 Å². The highest BCUT2D eigenvalue weighted by molar-refractivity contribution is 5.98. The highest BCUT2D eigenvalue weighted by Crippen LogP contribution is 2.21. The standard InChI is InChI=1S/C42H66N8O11/c1-11-23(5)33(43-21-51)38(55)48-35-26(8)61-42(59)25(7)49(9)40(57)31(17-22(3)4)46-37(54)32-19-28(52)20-44-50(32)41(58)34(24(6)12-2)47-36(53)30(45-39(35)56)18-27-13-15-29(60-10)16-14-27/h13-16,21-26,28,30-35,44,52H,11-12,17-20H2,1-10H3,(H,43,51)(H,45,56)(H,46,54)(H,47,53)(H,48,55). The van der Waals surface area contributed by atoms with Crippen LogP contribution in [0.3, 0.4) is 0 Å². The third kappa shape index (κ3) is 13.3. The van der Waals surface area contributed by atoms with Crippen LogP contribution in [-0.4, -0.2) is 138 Å². The number of ether oxygens (including phenoxy) is 2. The van der Waals surface area contributed by atoms with Gasteiger partial charge in [-0.3, -0.25) is 38.6 Å². The summed E-state index contributed by atoms with van der Waals surface area (Å²) in [6.45, 7) is 13.4. The Balaban J connectivity index is 2.23. The van der Waals surface area contributed by atoms with E-state index in [1.165, 1.54) is 28.0 Å². The number of cyclic esters (lactones) is 1. The average Bonchev–Trinajstić information content (AvgIpc) is 3.23. The number of nitrogens with zero attached hydrogens (tertiary/aromatic N) is 2. The van der Waals surface area contributed by atoms with Crippen LogP contribution in [0.25, 0.3) is 0 Å². The molecule has 1 aromatic carbocycles. The Hall–Kier alpha value is -5.30. The Kier molecular flexibility index (Phi) is 18.9. The van der Waals surface area contributed by atoms with Crippen LogP contribution in [0.5, 0.6) is 5.75 Å². The van der Waals surface area contributed by atoms with E-state index in [2.05, 4.69) is 32.0 Å². The molecule has 2 heterocycles. The number of carbonyl (C=O) groups is 8. The lowest BCUT2D eigenvalue weighted by molar-refractivity contribution is -0.161. The summed E-state index contributed by atoms with van der Waals surface area (Å²) in [4.78, 5) is 112. The summed E-state index contributed by atoms with van der Waals surface area (Å²) < 4.78 is 11.1. The van der Waals surface area contributed by atoms with E-state index in [1.54, 1.807) is 38.1 Å². The van der Waals surface area contributed by atoms with Gasteiger partial charge in [-0.1, -0.05) is 66.5 Å². The number of β-amino-alcohol motifs (C(OH)–C–C–N with tert-alkyl or cyclic N) is 1. The van der Waals surface area contributed by atoms with Gasteiger partial charge in [-0.15, -0.1) is 0 Å². The number of carbonyl (C=O) groups excluding carboxylic acids is 8. The van der Waals surface area contributed by atoms with Crippen molar-refractivity contribution in [2.24, 2.45) is 17.8 Å². The molecule has 0 radical (unpaired) electrons. The number of amides is 7. The maximum absolute atomic E-state index is 14.6. The second kappa shape index (κ2) is 23.1. The maximum Gasteiger partial charge on any atom is 0.328 e. The van der Waals surface area contributed by atoms with E-state index in [4.69, 9.17) is 9.47 Å². The first kappa shape index (κ1) is 50.1. The first-order chi connectivity index (χ1) is 28.8. The molecule has 3 rings (SSSR count). The minimum absolute atomic E-state index is 0.0882. The van der Waals surface area contributed by atoms with E-state index >= 15 is 0 Å². The Morgan fingerprint density at radius 1 is 0.934 bits per heavy atom. The van der Waals surface area contributed by atoms with Gasteiger partial charge in [-0.05, 0) is 55.7 Å². The Bertz CT molecular complexity index is 1710. The fraction of sp³-hybridized carbons (Fsp3) is 0.667. The third-order valence-corrected chi connectivity index (χ3v) is 11.5. The second-order valence-corrected chi connectivity index (χ2v) is 16.6. The van der Waals surface area contributed by atoms with Crippen LogP contribution in [0.15, 0.2) is 24.3 Å². The van der Waals surface area contributed by atoms with Gasteiger partial charge in [-0.25, -0.2) is 10.2 Å². The fourth-order valence-corrected chi connectivity index (χ4v) is 7.12. The molecule has 340 valence electrons. The first-order valence-electron chi connectivity index (χ1n) is 21.0. The minimum atomic E-state index is -1.64. The van der Waals surface area contributed by atoms with Gasteiger partial charge in [0, 0.05) is 26.4 Å².